The van der Waals surface area contributed by atoms with E-state index in [1.807, 2.05) is 6.07 Å². The topological polar surface area (TPSA) is 47.6 Å². The zero-order valence-corrected chi connectivity index (χ0v) is 11.9. The average molecular weight is 307 g/mol. The van der Waals surface area contributed by atoms with Gasteiger partial charge in [-0.2, -0.15) is 0 Å². The van der Waals surface area contributed by atoms with Crippen molar-refractivity contribution in [1.82, 2.24) is 5.32 Å². The van der Waals surface area contributed by atoms with Crippen LogP contribution in [0.15, 0.2) is 42.5 Å². The van der Waals surface area contributed by atoms with Gasteiger partial charge < -0.3 is 14.8 Å². The highest BCUT2D eigenvalue weighted by Crippen LogP contribution is 2.25. The van der Waals surface area contributed by atoms with Gasteiger partial charge in [-0.1, -0.05) is 12.1 Å². The van der Waals surface area contributed by atoms with Crippen LogP contribution in [0.25, 0.3) is 0 Å². The Morgan fingerprint density at radius 2 is 1.73 bits per heavy atom. The molecule has 22 heavy (non-hydrogen) atoms. The summed E-state index contributed by atoms with van der Waals surface area (Å²) in [5.41, 5.74) is -0.0743. The normalized spacial score (nSPS) is 10.1. The van der Waals surface area contributed by atoms with Gasteiger partial charge in [-0.25, -0.2) is 8.78 Å². The average Bonchev–Trinajstić information content (AvgIpc) is 2.50. The van der Waals surface area contributed by atoms with Crippen LogP contribution in [-0.2, 0) is 0 Å². The van der Waals surface area contributed by atoms with E-state index in [1.165, 1.54) is 7.11 Å². The Balaban J connectivity index is 1.84. The van der Waals surface area contributed by atoms with Crippen LogP contribution in [0.2, 0.25) is 0 Å². The monoisotopic (exact) mass is 307 g/mol. The summed E-state index contributed by atoms with van der Waals surface area (Å²) in [4.78, 5) is 11.8. The second-order valence-corrected chi connectivity index (χ2v) is 4.41. The molecule has 2 aromatic rings. The predicted molar refractivity (Wildman–Crippen MR) is 77.2 cm³/mol. The molecule has 0 aliphatic rings. The molecule has 0 atom stereocenters. The summed E-state index contributed by atoms with van der Waals surface area (Å²) in [5, 5.41) is 2.52. The molecule has 4 nitrogen and oxygen atoms in total. The number of halogens is 2. The molecule has 2 aromatic carbocycles. The van der Waals surface area contributed by atoms with Crippen molar-refractivity contribution in [3.05, 3.63) is 59.7 Å². The molecule has 0 aliphatic carbocycles. The molecular weight excluding hydrogens is 292 g/mol. The van der Waals surface area contributed by atoms with E-state index in [-0.39, 0.29) is 18.7 Å². The molecule has 2 rings (SSSR count). The fraction of sp³-hybridized carbons (Fsp3) is 0.188. The van der Waals surface area contributed by atoms with Gasteiger partial charge in [-0.05, 0) is 24.3 Å². The van der Waals surface area contributed by atoms with Crippen molar-refractivity contribution in [3.63, 3.8) is 0 Å². The molecule has 1 N–H and O–H groups in total. The Morgan fingerprint density at radius 3 is 2.36 bits per heavy atom. The molecule has 1 amide bonds. The molecule has 0 spiro atoms. The number of methoxy groups -OCH3 is 1. The van der Waals surface area contributed by atoms with E-state index in [9.17, 15) is 13.6 Å². The number of benzene rings is 2. The van der Waals surface area contributed by atoms with Crippen LogP contribution in [0.3, 0.4) is 0 Å². The van der Waals surface area contributed by atoms with Gasteiger partial charge in [0.25, 0.3) is 5.91 Å². The minimum atomic E-state index is -0.796. The number of ether oxygens (including phenoxy) is 2. The Bertz CT molecular complexity index is 641. The molecule has 0 heterocycles. The number of para-hydroxylation sites is 2. The van der Waals surface area contributed by atoms with Crippen LogP contribution in [0.5, 0.6) is 11.5 Å². The van der Waals surface area contributed by atoms with Gasteiger partial charge in [0, 0.05) is 11.6 Å². The minimum absolute atomic E-state index is 0.0743. The lowest BCUT2D eigenvalue weighted by Gasteiger charge is -2.11. The Morgan fingerprint density at radius 1 is 1.09 bits per heavy atom. The maximum atomic E-state index is 13.0. The fourth-order valence-corrected chi connectivity index (χ4v) is 1.85. The molecule has 0 unspecified atom stereocenters. The maximum absolute atomic E-state index is 13.0. The molecule has 0 saturated heterocycles. The van der Waals surface area contributed by atoms with Crippen molar-refractivity contribution in [2.45, 2.75) is 0 Å². The zero-order chi connectivity index (χ0) is 15.9. The van der Waals surface area contributed by atoms with E-state index in [1.54, 1.807) is 18.2 Å². The Labute approximate surface area is 126 Å². The van der Waals surface area contributed by atoms with Gasteiger partial charge in [-0.15, -0.1) is 0 Å². The summed E-state index contributed by atoms with van der Waals surface area (Å²) in [5.74, 6) is -1.02. The first-order chi connectivity index (χ1) is 10.6. The first-order valence-corrected chi connectivity index (χ1v) is 6.60. The number of amides is 1. The third-order valence-electron chi connectivity index (χ3n) is 2.84. The molecule has 6 heteroatoms. The number of carbonyl (C=O) groups is 1. The summed E-state index contributed by atoms with van der Waals surface area (Å²) >= 11 is 0. The molecule has 0 bridgehead atoms. The van der Waals surface area contributed by atoms with Gasteiger partial charge in [0.05, 0.1) is 13.7 Å². The molecular formula is C16H15F2NO3. The lowest BCUT2D eigenvalue weighted by molar-refractivity contribution is 0.0946. The van der Waals surface area contributed by atoms with Crippen molar-refractivity contribution in [1.29, 1.82) is 0 Å². The van der Waals surface area contributed by atoms with Crippen LogP contribution in [-0.4, -0.2) is 26.2 Å². The van der Waals surface area contributed by atoms with E-state index < -0.39 is 17.5 Å². The number of hydrogen-bond donors (Lipinski definition) is 1. The zero-order valence-electron chi connectivity index (χ0n) is 11.9. The van der Waals surface area contributed by atoms with Crippen LogP contribution in [0.1, 0.15) is 10.4 Å². The molecule has 0 fully saturated rings. The van der Waals surface area contributed by atoms with Crippen molar-refractivity contribution in [3.8, 4) is 11.5 Å². The second kappa shape index (κ2) is 7.40. The van der Waals surface area contributed by atoms with Crippen molar-refractivity contribution in [2.75, 3.05) is 20.3 Å². The van der Waals surface area contributed by atoms with E-state index in [0.717, 1.165) is 12.1 Å². The molecule has 0 saturated carbocycles. The highest BCUT2D eigenvalue weighted by Gasteiger charge is 2.09. The lowest BCUT2D eigenvalue weighted by atomic mass is 10.2. The summed E-state index contributed by atoms with van der Waals surface area (Å²) < 4.78 is 36.6. The van der Waals surface area contributed by atoms with Crippen LogP contribution < -0.4 is 14.8 Å². The highest BCUT2D eigenvalue weighted by molar-refractivity contribution is 5.94. The van der Waals surface area contributed by atoms with Crippen LogP contribution >= 0.6 is 0 Å². The van der Waals surface area contributed by atoms with Gasteiger partial charge in [0.15, 0.2) is 11.5 Å². The third-order valence-corrected chi connectivity index (χ3v) is 2.84. The van der Waals surface area contributed by atoms with Crippen LogP contribution in [0, 0.1) is 11.6 Å². The summed E-state index contributed by atoms with van der Waals surface area (Å²) in [7, 11) is 1.53. The van der Waals surface area contributed by atoms with Crippen LogP contribution in [0.4, 0.5) is 8.78 Å². The lowest BCUT2D eigenvalue weighted by Crippen LogP contribution is -2.28. The molecule has 116 valence electrons. The van der Waals surface area contributed by atoms with Gasteiger partial charge in [0.2, 0.25) is 0 Å². The van der Waals surface area contributed by atoms with E-state index in [2.05, 4.69) is 5.32 Å². The summed E-state index contributed by atoms with van der Waals surface area (Å²) in [6.07, 6.45) is 0. The van der Waals surface area contributed by atoms with Gasteiger partial charge >= 0.3 is 0 Å². The SMILES string of the molecule is COc1ccccc1OCCNC(=O)c1cc(F)cc(F)c1. The molecule has 0 radical (unpaired) electrons. The van der Waals surface area contributed by atoms with E-state index >= 15 is 0 Å². The number of nitrogens with one attached hydrogen (secondary N) is 1. The molecule has 0 aromatic heterocycles. The number of hydrogen-bond acceptors (Lipinski definition) is 3. The smallest absolute Gasteiger partial charge is 0.251 e. The van der Waals surface area contributed by atoms with Crippen molar-refractivity contribution in [2.24, 2.45) is 0 Å². The quantitative estimate of drug-likeness (QED) is 0.835. The summed E-state index contributed by atoms with van der Waals surface area (Å²) in [6, 6.07) is 9.75. The number of carbonyl (C=O) groups excluding carboxylic acids is 1. The molecule has 0 aliphatic heterocycles. The predicted octanol–water partition coefficient (Wildman–Crippen LogP) is 2.78. The largest absolute Gasteiger partial charge is 0.493 e. The first-order valence-electron chi connectivity index (χ1n) is 6.60. The van der Waals surface area contributed by atoms with E-state index in [0.29, 0.717) is 17.6 Å². The first kappa shape index (κ1) is 15.8. The van der Waals surface area contributed by atoms with Gasteiger partial charge in [-0.3, -0.25) is 4.79 Å². The maximum Gasteiger partial charge on any atom is 0.251 e. The second-order valence-electron chi connectivity index (χ2n) is 4.41. The standard InChI is InChI=1S/C16H15F2NO3/c1-21-14-4-2-3-5-15(14)22-7-6-19-16(20)11-8-12(17)10-13(18)9-11/h2-5,8-10H,6-7H2,1H3,(H,19,20). The van der Waals surface area contributed by atoms with Crippen molar-refractivity contribution >= 4 is 5.91 Å². The minimum Gasteiger partial charge on any atom is -0.493 e. The fourth-order valence-electron chi connectivity index (χ4n) is 1.85. The number of rotatable bonds is 6. The highest BCUT2D eigenvalue weighted by atomic mass is 19.1. The van der Waals surface area contributed by atoms with Crippen molar-refractivity contribution < 1.29 is 23.0 Å². The third kappa shape index (κ3) is 4.18. The Hall–Kier alpha value is -2.63. The Kier molecular flexibility index (Phi) is 5.30. The summed E-state index contributed by atoms with van der Waals surface area (Å²) in [6.45, 7) is 0.388. The van der Waals surface area contributed by atoms with E-state index in [4.69, 9.17) is 9.47 Å². The van der Waals surface area contributed by atoms with Gasteiger partial charge in [0.1, 0.15) is 18.2 Å².